The van der Waals surface area contributed by atoms with Gasteiger partial charge in [-0.05, 0) is 25.5 Å². The molecular formula is C14H23NOS. The molecule has 0 spiro atoms. The van der Waals surface area contributed by atoms with Gasteiger partial charge in [-0.1, -0.05) is 32.0 Å². The van der Waals surface area contributed by atoms with Crippen LogP contribution in [0.2, 0.25) is 0 Å². The van der Waals surface area contributed by atoms with Crippen LogP contribution in [0.3, 0.4) is 0 Å². The molecule has 0 aliphatic rings. The highest BCUT2D eigenvalue weighted by molar-refractivity contribution is 7.99. The standard InChI is InChI=1S/C14H23NOS/c1-11(2)15-14(4,9-16)10-17-13-8-6-5-7-12(13)3/h5-8,11,15-16H,9-10H2,1-4H3. The second-order valence-electron chi connectivity index (χ2n) is 5.07. The lowest BCUT2D eigenvalue weighted by molar-refractivity contribution is 0.183. The Labute approximate surface area is 109 Å². The van der Waals surface area contributed by atoms with Gasteiger partial charge in [0.2, 0.25) is 0 Å². The fourth-order valence-corrected chi connectivity index (χ4v) is 2.90. The number of aliphatic hydroxyl groups excluding tert-OH is 1. The van der Waals surface area contributed by atoms with Gasteiger partial charge in [-0.2, -0.15) is 0 Å². The zero-order valence-corrected chi connectivity index (χ0v) is 12.0. The third-order valence-corrected chi connectivity index (χ3v) is 4.18. The number of aryl methyl sites for hydroxylation is 1. The second kappa shape index (κ2) is 6.43. The first kappa shape index (κ1) is 14.6. The van der Waals surface area contributed by atoms with Gasteiger partial charge < -0.3 is 10.4 Å². The van der Waals surface area contributed by atoms with E-state index >= 15 is 0 Å². The van der Waals surface area contributed by atoms with Crippen LogP contribution < -0.4 is 5.32 Å². The summed E-state index contributed by atoms with van der Waals surface area (Å²) in [6, 6.07) is 8.74. The molecule has 1 aromatic rings. The predicted octanol–water partition coefficient (Wildman–Crippen LogP) is 2.84. The van der Waals surface area contributed by atoms with E-state index < -0.39 is 0 Å². The number of nitrogens with one attached hydrogen (secondary N) is 1. The smallest absolute Gasteiger partial charge is 0.0618 e. The van der Waals surface area contributed by atoms with Crippen molar-refractivity contribution in [1.29, 1.82) is 0 Å². The van der Waals surface area contributed by atoms with Gasteiger partial charge in [0.05, 0.1) is 6.61 Å². The van der Waals surface area contributed by atoms with E-state index in [9.17, 15) is 5.11 Å². The Morgan fingerprint density at radius 2 is 2.00 bits per heavy atom. The Morgan fingerprint density at radius 3 is 2.53 bits per heavy atom. The quantitative estimate of drug-likeness (QED) is 0.765. The summed E-state index contributed by atoms with van der Waals surface area (Å²) in [6.07, 6.45) is 0. The fourth-order valence-electron chi connectivity index (χ4n) is 1.79. The highest BCUT2D eigenvalue weighted by atomic mass is 32.2. The molecule has 0 saturated carbocycles. The molecule has 0 fully saturated rings. The molecule has 1 atom stereocenters. The van der Waals surface area contributed by atoms with Gasteiger partial charge in [-0.3, -0.25) is 0 Å². The average molecular weight is 253 g/mol. The van der Waals surface area contributed by atoms with Crippen molar-refractivity contribution >= 4 is 11.8 Å². The lowest BCUT2D eigenvalue weighted by atomic mass is 10.1. The Kier molecular flexibility index (Phi) is 5.50. The molecule has 0 aromatic heterocycles. The molecule has 0 amide bonds. The second-order valence-corrected chi connectivity index (χ2v) is 6.09. The van der Waals surface area contributed by atoms with E-state index in [1.807, 2.05) is 0 Å². The number of rotatable bonds is 6. The van der Waals surface area contributed by atoms with Crippen LogP contribution in [0.15, 0.2) is 29.2 Å². The van der Waals surface area contributed by atoms with Crippen LogP contribution in [0.1, 0.15) is 26.3 Å². The molecule has 3 heteroatoms. The van der Waals surface area contributed by atoms with Gasteiger partial charge in [0.25, 0.3) is 0 Å². The van der Waals surface area contributed by atoms with Crippen LogP contribution in [0, 0.1) is 6.92 Å². The lowest BCUT2D eigenvalue weighted by Crippen LogP contribution is -2.51. The molecule has 0 saturated heterocycles. The molecule has 17 heavy (non-hydrogen) atoms. The minimum Gasteiger partial charge on any atom is -0.394 e. The average Bonchev–Trinajstić information content (AvgIpc) is 2.27. The number of hydrogen-bond donors (Lipinski definition) is 2. The zero-order chi connectivity index (χ0) is 12.9. The van der Waals surface area contributed by atoms with Gasteiger partial charge in [0, 0.05) is 22.2 Å². The summed E-state index contributed by atoms with van der Waals surface area (Å²) in [6.45, 7) is 8.55. The first-order chi connectivity index (χ1) is 7.97. The Hall–Kier alpha value is -0.510. The highest BCUT2D eigenvalue weighted by Crippen LogP contribution is 2.25. The van der Waals surface area contributed by atoms with Gasteiger partial charge in [-0.15, -0.1) is 11.8 Å². The summed E-state index contributed by atoms with van der Waals surface area (Å²) in [5, 5.41) is 12.9. The molecule has 0 radical (unpaired) electrons. The molecule has 1 rings (SSSR count). The molecule has 0 heterocycles. The van der Waals surface area contributed by atoms with E-state index in [1.165, 1.54) is 10.5 Å². The van der Waals surface area contributed by atoms with Crippen molar-refractivity contribution in [1.82, 2.24) is 5.32 Å². The summed E-state index contributed by atoms with van der Waals surface area (Å²) in [7, 11) is 0. The fraction of sp³-hybridized carbons (Fsp3) is 0.571. The first-order valence-electron chi connectivity index (χ1n) is 6.04. The number of aliphatic hydroxyl groups is 1. The largest absolute Gasteiger partial charge is 0.394 e. The van der Waals surface area contributed by atoms with Crippen molar-refractivity contribution in [3.8, 4) is 0 Å². The van der Waals surface area contributed by atoms with Gasteiger partial charge >= 0.3 is 0 Å². The minimum atomic E-state index is -0.221. The van der Waals surface area contributed by atoms with Crippen molar-refractivity contribution in [2.45, 2.75) is 44.2 Å². The van der Waals surface area contributed by atoms with Gasteiger partial charge in [-0.25, -0.2) is 0 Å². The number of benzene rings is 1. The Balaban J connectivity index is 2.62. The van der Waals surface area contributed by atoms with E-state index in [4.69, 9.17) is 0 Å². The SMILES string of the molecule is Cc1ccccc1SCC(C)(CO)NC(C)C. The molecule has 0 aliphatic heterocycles. The number of hydrogen-bond acceptors (Lipinski definition) is 3. The maximum absolute atomic E-state index is 9.51. The molecule has 0 bridgehead atoms. The molecule has 2 N–H and O–H groups in total. The van der Waals surface area contributed by atoms with Crippen LogP contribution in [-0.2, 0) is 0 Å². The third kappa shape index (κ3) is 4.70. The van der Waals surface area contributed by atoms with E-state index in [-0.39, 0.29) is 12.1 Å². The van der Waals surface area contributed by atoms with E-state index in [2.05, 4.69) is 57.3 Å². The van der Waals surface area contributed by atoms with Crippen LogP contribution in [0.25, 0.3) is 0 Å². The predicted molar refractivity (Wildman–Crippen MR) is 75.7 cm³/mol. The van der Waals surface area contributed by atoms with Crippen LogP contribution in [-0.4, -0.2) is 29.0 Å². The van der Waals surface area contributed by atoms with Crippen molar-refractivity contribution in [3.63, 3.8) is 0 Å². The molecule has 1 unspecified atom stereocenters. The summed E-state index contributed by atoms with van der Waals surface area (Å²) in [4.78, 5) is 1.29. The molecular weight excluding hydrogens is 230 g/mol. The summed E-state index contributed by atoms with van der Waals surface area (Å²) in [5.74, 6) is 0.868. The summed E-state index contributed by atoms with van der Waals surface area (Å²) < 4.78 is 0. The normalized spacial score (nSPS) is 14.9. The van der Waals surface area contributed by atoms with E-state index in [0.717, 1.165) is 5.75 Å². The van der Waals surface area contributed by atoms with Crippen molar-refractivity contribution in [2.24, 2.45) is 0 Å². The highest BCUT2D eigenvalue weighted by Gasteiger charge is 2.24. The topological polar surface area (TPSA) is 32.3 Å². The number of thioether (sulfide) groups is 1. The monoisotopic (exact) mass is 253 g/mol. The summed E-state index contributed by atoms with van der Waals surface area (Å²) in [5.41, 5.74) is 1.07. The van der Waals surface area contributed by atoms with Gasteiger partial charge in [0.1, 0.15) is 0 Å². The molecule has 0 aliphatic carbocycles. The van der Waals surface area contributed by atoms with Crippen LogP contribution in [0.4, 0.5) is 0 Å². The third-order valence-electron chi connectivity index (χ3n) is 2.63. The summed E-state index contributed by atoms with van der Waals surface area (Å²) >= 11 is 1.80. The van der Waals surface area contributed by atoms with Crippen LogP contribution >= 0.6 is 11.8 Å². The van der Waals surface area contributed by atoms with Crippen LogP contribution in [0.5, 0.6) is 0 Å². The molecule has 96 valence electrons. The van der Waals surface area contributed by atoms with E-state index in [0.29, 0.717) is 6.04 Å². The lowest BCUT2D eigenvalue weighted by Gasteiger charge is -2.31. The zero-order valence-electron chi connectivity index (χ0n) is 11.2. The van der Waals surface area contributed by atoms with Crippen molar-refractivity contribution in [3.05, 3.63) is 29.8 Å². The maximum Gasteiger partial charge on any atom is 0.0618 e. The van der Waals surface area contributed by atoms with E-state index in [1.54, 1.807) is 11.8 Å². The molecule has 2 nitrogen and oxygen atoms in total. The van der Waals surface area contributed by atoms with Crippen molar-refractivity contribution < 1.29 is 5.11 Å². The molecule has 1 aromatic carbocycles. The van der Waals surface area contributed by atoms with Crippen molar-refractivity contribution in [2.75, 3.05) is 12.4 Å². The Bertz CT molecular complexity index is 354. The maximum atomic E-state index is 9.51. The first-order valence-corrected chi connectivity index (χ1v) is 7.02. The Morgan fingerprint density at radius 1 is 1.35 bits per heavy atom. The van der Waals surface area contributed by atoms with Gasteiger partial charge in [0.15, 0.2) is 0 Å². The minimum absolute atomic E-state index is 0.157.